The molecule has 30 heavy (non-hydrogen) atoms. The van der Waals surface area contributed by atoms with E-state index < -0.39 is 11.2 Å². The maximum absolute atomic E-state index is 13.4. The van der Waals surface area contributed by atoms with E-state index in [-0.39, 0.29) is 18.4 Å². The third-order valence-corrected chi connectivity index (χ3v) is 5.43. The molecule has 0 fully saturated rings. The van der Waals surface area contributed by atoms with Crippen molar-refractivity contribution in [3.8, 4) is 0 Å². The molecule has 9 heteroatoms. The van der Waals surface area contributed by atoms with Gasteiger partial charge in [0.05, 0.1) is 24.8 Å². The summed E-state index contributed by atoms with van der Waals surface area (Å²) in [5.41, 5.74) is 1.26. The SMILES string of the molecule is C/C=C/CN1N=C(C)C(C)n2c1nc1c2c(=O)n(Cc2ccc(F)cc2)c(=O)n1C. The van der Waals surface area contributed by atoms with Gasteiger partial charge in [-0.15, -0.1) is 0 Å². The fourth-order valence-corrected chi connectivity index (χ4v) is 3.62. The van der Waals surface area contributed by atoms with Crippen molar-refractivity contribution in [1.82, 2.24) is 18.7 Å². The van der Waals surface area contributed by atoms with Crippen LogP contribution in [0.25, 0.3) is 11.2 Å². The molecule has 0 saturated carbocycles. The Morgan fingerprint density at radius 1 is 1.20 bits per heavy atom. The number of benzene rings is 1. The summed E-state index contributed by atoms with van der Waals surface area (Å²) in [5.74, 6) is 0.150. The molecule has 0 amide bonds. The van der Waals surface area contributed by atoms with E-state index in [0.717, 1.165) is 10.3 Å². The average Bonchev–Trinajstić information content (AvgIpc) is 3.14. The zero-order chi connectivity index (χ0) is 21.6. The summed E-state index contributed by atoms with van der Waals surface area (Å²) in [7, 11) is 1.60. The van der Waals surface area contributed by atoms with E-state index in [0.29, 0.717) is 29.2 Å². The first-order valence-electron chi connectivity index (χ1n) is 9.73. The molecule has 0 aliphatic carbocycles. The normalized spacial score (nSPS) is 16.4. The van der Waals surface area contributed by atoms with E-state index in [1.54, 1.807) is 24.2 Å². The largest absolute Gasteiger partial charge is 0.332 e. The molecule has 4 rings (SSSR count). The van der Waals surface area contributed by atoms with E-state index in [9.17, 15) is 14.0 Å². The van der Waals surface area contributed by atoms with Crippen LogP contribution in [-0.4, -0.2) is 30.9 Å². The van der Waals surface area contributed by atoms with Gasteiger partial charge in [-0.25, -0.2) is 14.2 Å². The van der Waals surface area contributed by atoms with Gasteiger partial charge in [-0.05, 0) is 38.5 Å². The molecule has 1 unspecified atom stereocenters. The maximum atomic E-state index is 13.4. The molecule has 1 atom stereocenters. The summed E-state index contributed by atoms with van der Waals surface area (Å²) in [5, 5.41) is 6.33. The zero-order valence-electron chi connectivity index (χ0n) is 17.3. The number of imidazole rings is 1. The minimum absolute atomic E-state index is 0.0476. The zero-order valence-corrected chi connectivity index (χ0v) is 17.3. The van der Waals surface area contributed by atoms with Crippen molar-refractivity contribution < 1.29 is 4.39 Å². The summed E-state index contributed by atoms with van der Waals surface area (Å²) < 4.78 is 17.6. The molecule has 3 aromatic rings. The Morgan fingerprint density at radius 3 is 2.57 bits per heavy atom. The highest BCUT2D eigenvalue weighted by atomic mass is 19.1. The molecule has 1 aromatic carbocycles. The van der Waals surface area contributed by atoms with Crippen molar-refractivity contribution in [2.45, 2.75) is 33.4 Å². The van der Waals surface area contributed by atoms with Gasteiger partial charge in [0.25, 0.3) is 5.56 Å². The van der Waals surface area contributed by atoms with Crippen LogP contribution in [0.3, 0.4) is 0 Å². The third-order valence-electron chi connectivity index (χ3n) is 5.43. The summed E-state index contributed by atoms with van der Waals surface area (Å²) in [6.07, 6.45) is 3.86. The molecule has 3 heterocycles. The standard InChI is InChI=1S/C21H23FN6O2/c1-5-6-11-27-20-23-18-17(28(20)14(3)13(2)24-27)19(29)26(21(30)25(18)4)12-15-7-9-16(22)10-8-15/h5-10,14H,11-12H2,1-4H3/b6-5+. The Bertz CT molecular complexity index is 1300. The molecular weight excluding hydrogens is 387 g/mol. The van der Waals surface area contributed by atoms with Gasteiger partial charge in [-0.2, -0.15) is 10.1 Å². The third kappa shape index (κ3) is 3.06. The number of allylic oxidation sites excluding steroid dienone is 1. The quantitative estimate of drug-likeness (QED) is 0.619. The lowest BCUT2D eigenvalue weighted by Crippen LogP contribution is -2.40. The number of hydrogen-bond donors (Lipinski definition) is 0. The van der Waals surface area contributed by atoms with Gasteiger partial charge in [0, 0.05) is 7.05 Å². The number of aryl methyl sites for hydroxylation is 1. The smallest absolute Gasteiger partial charge is 0.294 e. The predicted molar refractivity (Wildman–Crippen MR) is 115 cm³/mol. The fraction of sp³-hybridized carbons (Fsp3) is 0.333. The average molecular weight is 410 g/mol. The minimum atomic E-state index is -0.474. The first-order chi connectivity index (χ1) is 14.3. The Hall–Kier alpha value is -3.49. The first kappa shape index (κ1) is 19.8. The number of hydrazone groups is 1. The monoisotopic (exact) mass is 410 g/mol. The lowest BCUT2D eigenvalue weighted by atomic mass is 10.2. The second-order valence-electron chi connectivity index (χ2n) is 7.38. The van der Waals surface area contributed by atoms with Gasteiger partial charge in [0.1, 0.15) is 5.82 Å². The fourth-order valence-electron chi connectivity index (χ4n) is 3.62. The van der Waals surface area contributed by atoms with Gasteiger partial charge in [-0.1, -0.05) is 24.3 Å². The minimum Gasteiger partial charge on any atom is -0.294 e. The molecule has 156 valence electrons. The van der Waals surface area contributed by atoms with Crippen LogP contribution in [0.1, 0.15) is 32.4 Å². The Labute approximate surface area is 172 Å². The van der Waals surface area contributed by atoms with Gasteiger partial charge < -0.3 is 0 Å². The molecule has 0 radical (unpaired) electrons. The van der Waals surface area contributed by atoms with E-state index in [1.807, 2.05) is 37.5 Å². The number of fused-ring (bicyclic) bond motifs is 3. The van der Waals surface area contributed by atoms with Crippen molar-refractivity contribution in [2.75, 3.05) is 11.6 Å². The van der Waals surface area contributed by atoms with Crippen LogP contribution in [0.15, 0.2) is 51.1 Å². The molecule has 1 aliphatic rings. The molecule has 0 spiro atoms. The number of rotatable bonds is 4. The van der Waals surface area contributed by atoms with Crippen molar-refractivity contribution >= 4 is 22.8 Å². The van der Waals surface area contributed by atoms with Crippen LogP contribution >= 0.6 is 0 Å². The molecule has 0 N–H and O–H groups in total. The number of hydrogen-bond acceptors (Lipinski definition) is 5. The van der Waals surface area contributed by atoms with Gasteiger partial charge in [0.2, 0.25) is 5.95 Å². The topological polar surface area (TPSA) is 77.4 Å². The van der Waals surface area contributed by atoms with E-state index in [2.05, 4.69) is 10.1 Å². The maximum Gasteiger partial charge on any atom is 0.332 e. The number of anilines is 1. The van der Waals surface area contributed by atoms with E-state index in [1.165, 1.54) is 16.7 Å². The van der Waals surface area contributed by atoms with Gasteiger partial charge in [0.15, 0.2) is 11.2 Å². The highest BCUT2D eigenvalue weighted by Gasteiger charge is 2.30. The first-order valence-corrected chi connectivity index (χ1v) is 9.73. The van der Waals surface area contributed by atoms with Crippen molar-refractivity contribution in [1.29, 1.82) is 0 Å². The Balaban J connectivity index is 1.95. The Morgan fingerprint density at radius 2 is 1.90 bits per heavy atom. The van der Waals surface area contributed by atoms with Crippen LogP contribution in [0.4, 0.5) is 10.3 Å². The number of aromatic nitrogens is 4. The lowest BCUT2D eigenvalue weighted by Gasteiger charge is -2.28. The molecule has 1 aliphatic heterocycles. The van der Waals surface area contributed by atoms with Gasteiger partial charge >= 0.3 is 5.69 Å². The van der Waals surface area contributed by atoms with E-state index >= 15 is 0 Å². The summed E-state index contributed by atoms with van der Waals surface area (Å²) in [4.78, 5) is 31.0. The van der Waals surface area contributed by atoms with Crippen LogP contribution in [0.5, 0.6) is 0 Å². The number of nitrogens with zero attached hydrogens (tertiary/aromatic N) is 6. The molecule has 0 bridgehead atoms. The van der Waals surface area contributed by atoms with Crippen LogP contribution in [0, 0.1) is 5.82 Å². The van der Waals surface area contributed by atoms with Crippen LogP contribution in [-0.2, 0) is 13.6 Å². The summed E-state index contributed by atoms with van der Waals surface area (Å²) in [6.45, 7) is 6.32. The van der Waals surface area contributed by atoms with E-state index in [4.69, 9.17) is 0 Å². The lowest BCUT2D eigenvalue weighted by molar-refractivity contribution is 0.621. The highest BCUT2D eigenvalue weighted by molar-refractivity contribution is 5.91. The second kappa shape index (κ2) is 7.40. The van der Waals surface area contributed by atoms with Crippen molar-refractivity contribution in [3.63, 3.8) is 0 Å². The summed E-state index contributed by atoms with van der Waals surface area (Å²) >= 11 is 0. The summed E-state index contributed by atoms with van der Waals surface area (Å²) in [6, 6.07) is 5.57. The number of halogens is 1. The molecule has 8 nitrogen and oxygen atoms in total. The van der Waals surface area contributed by atoms with Gasteiger partial charge in [-0.3, -0.25) is 18.5 Å². The van der Waals surface area contributed by atoms with Crippen molar-refractivity contribution in [3.05, 3.63) is 68.6 Å². The highest BCUT2D eigenvalue weighted by Crippen LogP contribution is 2.29. The molecular formula is C21H23FN6O2. The molecule has 2 aromatic heterocycles. The predicted octanol–water partition coefficient (Wildman–Crippen LogP) is 2.42. The Kier molecular flexibility index (Phi) is 4.89. The molecule has 0 saturated heterocycles. The van der Waals surface area contributed by atoms with Crippen molar-refractivity contribution in [2.24, 2.45) is 12.1 Å². The van der Waals surface area contributed by atoms with Crippen LogP contribution in [0.2, 0.25) is 0 Å². The van der Waals surface area contributed by atoms with Crippen LogP contribution < -0.4 is 16.3 Å². The second-order valence-corrected chi connectivity index (χ2v) is 7.38.